The lowest BCUT2D eigenvalue weighted by molar-refractivity contribution is 0.0955. The molecule has 0 saturated heterocycles. The number of halogens is 1. The summed E-state index contributed by atoms with van der Waals surface area (Å²) in [6, 6.07) is 16.1. The SMILES string of the molecule is CCN(CC)CC#Cc1ccc(/C=N/NC(=O)c2ccc(O)c(Cl)c2)c2ccccc12. The Hall–Kier alpha value is -3.33. The first-order chi connectivity index (χ1) is 15.0. The number of carbonyl (C=O) groups is 1. The summed E-state index contributed by atoms with van der Waals surface area (Å²) in [7, 11) is 0. The second-order valence-electron chi connectivity index (χ2n) is 6.88. The molecule has 0 saturated carbocycles. The third-order valence-corrected chi connectivity index (χ3v) is 5.26. The van der Waals surface area contributed by atoms with E-state index in [1.807, 2.05) is 36.4 Å². The van der Waals surface area contributed by atoms with E-state index in [1.54, 1.807) is 6.21 Å². The molecule has 5 nitrogen and oxygen atoms in total. The van der Waals surface area contributed by atoms with E-state index >= 15 is 0 Å². The fraction of sp³-hybridized carbons (Fsp3) is 0.200. The van der Waals surface area contributed by atoms with Gasteiger partial charge in [0.25, 0.3) is 5.91 Å². The highest BCUT2D eigenvalue weighted by molar-refractivity contribution is 6.32. The van der Waals surface area contributed by atoms with Gasteiger partial charge in [-0.2, -0.15) is 5.10 Å². The van der Waals surface area contributed by atoms with E-state index < -0.39 is 5.91 Å². The summed E-state index contributed by atoms with van der Waals surface area (Å²) in [6.07, 6.45) is 1.61. The van der Waals surface area contributed by atoms with Crippen molar-refractivity contribution < 1.29 is 9.90 Å². The third kappa shape index (κ3) is 5.64. The van der Waals surface area contributed by atoms with Gasteiger partial charge < -0.3 is 5.11 Å². The molecule has 158 valence electrons. The van der Waals surface area contributed by atoms with Crippen LogP contribution in [0.2, 0.25) is 5.02 Å². The quantitative estimate of drug-likeness (QED) is 0.337. The highest BCUT2D eigenvalue weighted by atomic mass is 35.5. The smallest absolute Gasteiger partial charge is 0.271 e. The molecule has 0 aliphatic heterocycles. The van der Waals surface area contributed by atoms with Crippen LogP contribution in [0.1, 0.15) is 35.3 Å². The third-order valence-electron chi connectivity index (χ3n) is 4.96. The first-order valence-electron chi connectivity index (χ1n) is 10.1. The number of nitrogens with zero attached hydrogens (tertiary/aromatic N) is 2. The summed E-state index contributed by atoms with van der Waals surface area (Å²) < 4.78 is 0. The zero-order valence-corrected chi connectivity index (χ0v) is 18.3. The Morgan fingerprint density at radius 2 is 1.87 bits per heavy atom. The Morgan fingerprint density at radius 1 is 1.13 bits per heavy atom. The monoisotopic (exact) mass is 433 g/mol. The maximum atomic E-state index is 12.3. The molecule has 3 aromatic carbocycles. The molecule has 3 aromatic rings. The van der Waals surface area contributed by atoms with Crippen molar-refractivity contribution in [3.8, 4) is 17.6 Å². The Labute approximate surface area is 187 Å². The topological polar surface area (TPSA) is 64.9 Å². The molecule has 0 heterocycles. The van der Waals surface area contributed by atoms with Crippen LogP contribution in [0.15, 0.2) is 59.7 Å². The molecule has 0 aliphatic rings. The molecule has 0 aliphatic carbocycles. The van der Waals surface area contributed by atoms with Crippen LogP contribution >= 0.6 is 11.6 Å². The molecular weight excluding hydrogens is 410 g/mol. The van der Waals surface area contributed by atoms with Crippen LogP contribution in [0.5, 0.6) is 5.75 Å². The molecule has 2 N–H and O–H groups in total. The number of rotatable bonds is 6. The zero-order valence-electron chi connectivity index (χ0n) is 17.5. The van der Waals surface area contributed by atoms with Crippen LogP contribution in [0.4, 0.5) is 0 Å². The highest BCUT2D eigenvalue weighted by Gasteiger charge is 2.08. The lowest BCUT2D eigenvalue weighted by Crippen LogP contribution is -2.22. The van der Waals surface area contributed by atoms with Gasteiger partial charge in [-0.15, -0.1) is 0 Å². The first kappa shape index (κ1) is 22.4. The van der Waals surface area contributed by atoms with Gasteiger partial charge in [0.15, 0.2) is 0 Å². The Morgan fingerprint density at radius 3 is 2.58 bits per heavy atom. The number of hydrogen-bond acceptors (Lipinski definition) is 4. The Kier molecular flexibility index (Phi) is 7.66. The summed E-state index contributed by atoms with van der Waals surface area (Å²) in [5.74, 6) is 6.05. The average molecular weight is 434 g/mol. The number of fused-ring (bicyclic) bond motifs is 1. The van der Waals surface area contributed by atoms with Crippen LogP contribution in [0.25, 0.3) is 10.8 Å². The van der Waals surface area contributed by atoms with Crippen molar-refractivity contribution in [3.05, 3.63) is 76.3 Å². The number of amides is 1. The van der Waals surface area contributed by atoms with Crippen LogP contribution in [-0.4, -0.2) is 41.8 Å². The Balaban J connectivity index is 1.79. The second-order valence-corrected chi connectivity index (χ2v) is 7.28. The number of benzene rings is 3. The number of hydrazone groups is 1. The van der Waals surface area contributed by atoms with Gasteiger partial charge in [0, 0.05) is 16.7 Å². The van der Waals surface area contributed by atoms with E-state index in [0.717, 1.165) is 41.5 Å². The molecule has 0 spiro atoms. The minimum atomic E-state index is -0.415. The standard InChI is InChI=1S/C25H24ClN3O2/c1-3-29(4-2)15-7-8-18-11-12-20(22-10-6-5-9-21(18)22)17-27-28-25(31)19-13-14-24(30)23(26)16-19/h5-6,9-14,16-17,30H,3-4,15H2,1-2H3,(H,28,31)/b27-17+. The van der Waals surface area contributed by atoms with Crippen molar-refractivity contribution in [2.45, 2.75) is 13.8 Å². The van der Waals surface area contributed by atoms with Gasteiger partial charge in [0.05, 0.1) is 17.8 Å². The zero-order chi connectivity index (χ0) is 22.2. The molecule has 0 aromatic heterocycles. The molecule has 0 atom stereocenters. The van der Waals surface area contributed by atoms with Gasteiger partial charge in [-0.3, -0.25) is 9.69 Å². The number of phenols is 1. The predicted molar refractivity (Wildman–Crippen MR) is 127 cm³/mol. The van der Waals surface area contributed by atoms with E-state index in [1.165, 1.54) is 18.2 Å². The second kappa shape index (κ2) is 10.6. The van der Waals surface area contributed by atoms with Crippen LogP contribution in [-0.2, 0) is 0 Å². The van der Waals surface area contributed by atoms with Crippen LogP contribution in [0.3, 0.4) is 0 Å². The summed E-state index contributed by atoms with van der Waals surface area (Å²) in [5, 5.41) is 15.7. The molecule has 0 radical (unpaired) electrons. The van der Waals surface area contributed by atoms with E-state index in [9.17, 15) is 9.90 Å². The van der Waals surface area contributed by atoms with Gasteiger partial charge in [-0.1, -0.05) is 67.6 Å². The molecule has 0 unspecified atom stereocenters. The molecule has 31 heavy (non-hydrogen) atoms. The predicted octanol–water partition coefficient (Wildman–Crippen LogP) is 4.66. The molecule has 0 bridgehead atoms. The number of phenolic OH excluding ortho intramolecular Hbond substituents is 1. The summed E-state index contributed by atoms with van der Waals surface area (Å²) in [6.45, 7) is 6.94. The summed E-state index contributed by atoms with van der Waals surface area (Å²) in [5.41, 5.74) is 4.63. The minimum Gasteiger partial charge on any atom is -0.506 e. The lowest BCUT2D eigenvalue weighted by atomic mass is 10.0. The number of aromatic hydroxyl groups is 1. The number of carbonyl (C=O) groups excluding carboxylic acids is 1. The van der Waals surface area contributed by atoms with Crippen molar-refractivity contribution in [2.75, 3.05) is 19.6 Å². The van der Waals surface area contributed by atoms with Crippen molar-refractivity contribution >= 4 is 34.5 Å². The molecule has 3 rings (SSSR count). The maximum absolute atomic E-state index is 12.3. The van der Waals surface area contributed by atoms with Gasteiger partial charge in [-0.05, 0) is 48.1 Å². The molecule has 0 fully saturated rings. The van der Waals surface area contributed by atoms with Crippen molar-refractivity contribution in [1.82, 2.24) is 10.3 Å². The minimum absolute atomic E-state index is 0.0755. The Bertz CT molecular complexity index is 1170. The van der Waals surface area contributed by atoms with E-state index in [-0.39, 0.29) is 10.8 Å². The molecule has 1 amide bonds. The van der Waals surface area contributed by atoms with E-state index in [2.05, 4.69) is 41.1 Å². The fourth-order valence-corrected chi connectivity index (χ4v) is 3.29. The normalized spacial score (nSPS) is 11.0. The van der Waals surface area contributed by atoms with Crippen molar-refractivity contribution in [1.29, 1.82) is 0 Å². The maximum Gasteiger partial charge on any atom is 0.271 e. The van der Waals surface area contributed by atoms with Gasteiger partial charge >= 0.3 is 0 Å². The largest absolute Gasteiger partial charge is 0.506 e. The fourth-order valence-electron chi connectivity index (χ4n) is 3.11. The van der Waals surface area contributed by atoms with Crippen molar-refractivity contribution in [3.63, 3.8) is 0 Å². The lowest BCUT2D eigenvalue weighted by Gasteiger charge is -2.13. The average Bonchev–Trinajstić information content (AvgIpc) is 2.79. The van der Waals surface area contributed by atoms with Gasteiger partial charge in [0.2, 0.25) is 0 Å². The van der Waals surface area contributed by atoms with Crippen LogP contribution < -0.4 is 5.43 Å². The molecular formula is C25H24ClN3O2. The van der Waals surface area contributed by atoms with Crippen LogP contribution in [0, 0.1) is 11.8 Å². The number of hydrogen-bond donors (Lipinski definition) is 2. The summed E-state index contributed by atoms with van der Waals surface area (Å²) >= 11 is 5.86. The van der Waals surface area contributed by atoms with Crippen molar-refractivity contribution in [2.24, 2.45) is 5.10 Å². The summed E-state index contributed by atoms with van der Waals surface area (Å²) in [4.78, 5) is 14.5. The molecule has 6 heteroatoms. The number of nitrogens with one attached hydrogen (secondary N) is 1. The van der Waals surface area contributed by atoms with E-state index in [0.29, 0.717) is 5.56 Å². The highest BCUT2D eigenvalue weighted by Crippen LogP contribution is 2.24. The first-order valence-corrected chi connectivity index (χ1v) is 10.5. The van der Waals surface area contributed by atoms with Gasteiger partial charge in [0.1, 0.15) is 5.75 Å². The van der Waals surface area contributed by atoms with E-state index in [4.69, 9.17) is 11.6 Å². The van der Waals surface area contributed by atoms with Gasteiger partial charge in [-0.25, -0.2) is 5.43 Å².